The van der Waals surface area contributed by atoms with E-state index in [9.17, 15) is 4.79 Å². The quantitative estimate of drug-likeness (QED) is 0.529. The number of aromatic nitrogens is 2. The van der Waals surface area contributed by atoms with Crippen molar-refractivity contribution in [3.63, 3.8) is 0 Å². The second kappa shape index (κ2) is 8.09. The first-order chi connectivity index (χ1) is 13.7. The third kappa shape index (κ3) is 4.12. The van der Waals surface area contributed by atoms with Crippen LogP contribution < -0.4 is 5.32 Å². The standard InChI is InChI=1S/C24H23N3O/c1-18(21-13-12-20-7-5-6-8-22(20)15-21)26-24(28)14-11-19-16-25-27(17-19)23-9-3-2-4-10-23/h2-10,12-13,15-18H,11,14H2,1H3,(H,26,28). The van der Waals surface area contributed by atoms with Gasteiger partial charge in [0.15, 0.2) is 0 Å². The maximum atomic E-state index is 12.4. The lowest BCUT2D eigenvalue weighted by atomic mass is 10.0. The van der Waals surface area contributed by atoms with Crippen molar-refractivity contribution in [2.75, 3.05) is 0 Å². The Kier molecular flexibility index (Phi) is 5.20. The molecule has 0 aliphatic carbocycles. The van der Waals surface area contributed by atoms with Gasteiger partial charge in [0.2, 0.25) is 5.91 Å². The van der Waals surface area contributed by atoms with Crippen molar-refractivity contribution in [2.45, 2.75) is 25.8 Å². The summed E-state index contributed by atoms with van der Waals surface area (Å²) >= 11 is 0. The predicted molar refractivity (Wildman–Crippen MR) is 112 cm³/mol. The molecule has 4 nitrogen and oxygen atoms in total. The van der Waals surface area contributed by atoms with Crippen molar-refractivity contribution >= 4 is 16.7 Å². The third-order valence-corrected chi connectivity index (χ3v) is 4.95. The zero-order valence-electron chi connectivity index (χ0n) is 15.9. The highest BCUT2D eigenvalue weighted by atomic mass is 16.1. The van der Waals surface area contributed by atoms with Crippen molar-refractivity contribution in [1.29, 1.82) is 0 Å². The molecule has 1 heterocycles. The van der Waals surface area contributed by atoms with Gasteiger partial charge < -0.3 is 5.32 Å². The van der Waals surface area contributed by atoms with Crippen LogP contribution >= 0.6 is 0 Å². The van der Waals surface area contributed by atoms with Crippen LogP contribution in [-0.4, -0.2) is 15.7 Å². The van der Waals surface area contributed by atoms with Crippen LogP contribution in [0, 0.1) is 0 Å². The van der Waals surface area contributed by atoms with Gasteiger partial charge in [0.05, 0.1) is 17.9 Å². The van der Waals surface area contributed by atoms with Crippen molar-refractivity contribution in [1.82, 2.24) is 15.1 Å². The zero-order valence-corrected chi connectivity index (χ0v) is 15.9. The van der Waals surface area contributed by atoms with E-state index in [0.29, 0.717) is 12.8 Å². The van der Waals surface area contributed by atoms with Crippen LogP contribution in [0.3, 0.4) is 0 Å². The Morgan fingerprint density at radius 3 is 2.57 bits per heavy atom. The van der Waals surface area contributed by atoms with Crippen LogP contribution in [0.5, 0.6) is 0 Å². The molecule has 1 aromatic heterocycles. The molecule has 1 atom stereocenters. The maximum absolute atomic E-state index is 12.4. The van der Waals surface area contributed by atoms with Gasteiger partial charge in [-0.1, -0.05) is 54.6 Å². The molecule has 0 fully saturated rings. The number of para-hydroxylation sites is 1. The summed E-state index contributed by atoms with van der Waals surface area (Å²) in [5.41, 5.74) is 3.18. The van der Waals surface area contributed by atoms with E-state index in [0.717, 1.165) is 16.8 Å². The first-order valence-corrected chi connectivity index (χ1v) is 9.56. The summed E-state index contributed by atoms with van der Waals surface area (Å²) in [7, 11) is 0. The summed E-state index contributed by atoms with van der Waals surface area (Å²) in [5.74, 6) is 0.0492. The van der Waals surface area contributed by atoms with E-state index in [2.05, 4.69) is 40.7 Å². The molecular formula is C24H23N3O. The fourth-order valence-electron chi connectivity index (χ4n) is 3.34. The highest BCUT2D eigenvalue weighted by Crippen LogP contribution is 2.20. The molecule has 3 aromatic carbocycles. The normalized spacial score (nSPS) is 12.0. The number of nitrogens with zero attached hydrogens (tertiary/aromatic N) is 2. The Labute approximate surface area is 164 Å². The molecule has 0 spiro atoms. The fourth-order valence-corrected chi connectivity index (χ4v) is 3.34. The molecule has 0 saturated heterocycles. The van der Waals surface area contributed by atoms with Crippen molar-refractivity contribution in [2.24, 2.45) is 0 Å². The number of nitrogens with one attached hydrogen (secondary N) is 1. The van der Waals surface area contributed by atoms with Crippen LogP contribution in [0.25, 0.3) is 16.5 Å². The molecule has 1 N–H and O–H groups in total. The van der Waals surface area contributed by atoms with E-state index < -0.39 is 0 Å². The van der Waals surface area contributed by atoms with Crippen LogP contribution in [0.2, 0.25) is 0 Å². The summed E-state index contributed by atoms with van der Waals surface area (Å²) in [6, 6.07) is 24.5. The summed E-state index contributed by atoms with van der Waals surface area (Å²) in [6.07, 6.45) is 4.92. The van der Waals surface area contributed by atoms with E-state index >= 15 is 0 Å². The van der Waals surface area contributed by atoms with Gasteiger partial charge in [0.1, 0.15) is 0 Å². The summed E-state index contributed by atoms with van der Waals surface area (Å²) in [4.78, 5) is 12.4. The van der Waals surface area contributed by atoms with Gasteiger partial charge in [-0.2, -0.15) is 5.10 Å². The molecule has 28 heavy (non-hydrogen) atoms. The first kappa shape index (κ1) is 18.0. The molecular weight excluding hydrogens is 346 g/mol. The van der Waals surface area contributed by atoms with Crippen LogP contribution in [-0.2, 0) is 11.2 Å². The summed E-state index contributed by atoms with van der Waals surface area (Å²) in [6.45, 7) is 2.02. The average Bonchev–Trinajstić information content (AvgIpc) is 3.22. The molecule has 140 valence electrons. The Hall–Kier alpha value is -3.40. The number of fused-ring (bicyclic) bond motifs is 1. The van der Waals surface area contributed by atoms with Gasteiger partial charge in [-0.25, -0.2) is 4.68 Å². The molecule has 0 bridgehead atoms. The fraction of sp³-hybridized carbons (Fsp3) is 0.167. The number of hydrogen-bond acceptors (Lipinski definition) is 2. The molecule has 4 heteroatoms. The van der Waals surface area contributed by atoms with Gasteiger partial charge in [-0.05, 0) is 53.4 Å². The van der Waals surface area contributed by atoms with Gasteiger partial charge in [-0.15, -0.1) is 0 Å². The zero-order chi connectivity index (χ0) is 19.3. The number of hydrogen-bond donors (Lipinski definition) is 1. The van der Waals surface area contributed by atoms with Crippen molar-refractivity contribution in [3.05, 3.63) is 96.3 Å². The number of rotatable bonds is 6. The Balaban J connectivity index is 1.34. The van der Waals surface area contributed by atoms with Crippen LogP contribution in [0.1, 0.15) is 30.5 Å². The van der Waals surface area contributed by atoms with E-state index in [1.165, 1.54) is 10.8 Å². The minimum absolute atomic E-state index is 0.0239. The largest absolute Gasteiger partial charge is 0.350 e. The number of carbonyl (C=O) groups excluding carboxylic acids is 1. The average molecular weight is 369 g/mol. The van der Waals surface area contributed by atoms with E-state index in [1.54, 1.807) is 0 Å². The van der Waals surface area contributed by atoms with Gasteiger partial charge in [-0.3, -0.25) is 4.79 Å². The Bertz CT molecular complexity index is 1090. The Morgan fingerprint density at radius 2 is 1.75 bits per heavy atom. The first-order valence-electron chi connectivity index (χ1n) is 9.56. The molecule has 4 rings (SSSR count). The molecule has 0 aliphatic heterocycles. The van der Waals surface area contributed by atoms with E-state index in [1.807, 2.05) is 66.5 Å². The third-order valence-electron chi connectivity index (χ3n) is 4.95. The second-order valence-corrected chi connectivity index (χ2v) is 7.02. The van der Waals surface area contributed by atoms with Gasteiger partial charge in [0.25, 0.3) is 0 Å². The maximum Gasteiger partial charge on any atom is 0.220 e. The van der Waals surface area contributed by atoms with Gasteiger partial charge in [0, 0.05) is 12.6 Å². The van der Waals surface area contributed by atoms with E-state index in [-0.39, 0.29) is 11.9 Å². The van der Waals surface area contributed by atoms with Crippen LogP contribution in [0.4, 0.5) is 0 Å². The van der Waals surface area contributed by atoms with Crippen molar-refractivity contribution < 1.29 is 4.79 Å². The molecule has 0 aliphatic rings. The number of carbonyl (C=O) groups is 1. The minimum Gasteiger partial charge on any atom is -0.350 e. The van der Waals surface area contributed by atoms with Crippen molar-refractivity contribution in [3.8, 4) is 5.69 Å². The number of aryl methyl sites for hydroxylation is 1. The SMILES string of the molecule is CC(NC(=O)CCc1cnn(-c2ccccc2)c1)c1ccc2ccccc2c1. The lowest BCUT2D eigenvalue weighted by molar-refractivity contribution is -0.121. The molecule has 0 saturated carbocycles. The monoisotopic (exact) mass is 369 g/mol. The lowest BCUT2D eigenvalue weighted by Crippen LogP contribution is -2.26. The van der Waals surface area contributed by atoms with E-state index in [4.69, 9.17) is 0 Å². The molecule has 0 radical (unpaired) electrons. The number of benzene rings is 3. The molecule has 1 unspecified atom stereocenters. The predicted octanol–water partition coefficient (Wildman–Crippen LogP) is 4.84. The molecule has 4 aromatic rings. The second-order valence-electron chi connectivity index (χ2n) is 7.02. The summed E-state index contributed by atoms with van der Waals surface area (Å²) < 4.78 is 1.84. The minimum atomic E-state index is -0.0239. The molecule has 1 amide bonds. The van der Waals surface area contributed by atoms with Gasteiger partial charge >= 0.3 is 0 Å². The summed E-state index contributed by atoms with van der Waals surface area (Å²) in [5, 5.41) is 9.89. The Morgan fingerprint density at radius 1 is 1.00 bits per heavy atom. The highest BCUT2D eigenvalue weighted by Gasteiger charge is 2.11. The highest BCUT2D eigenvalue weighted by molar-refractivity contribution is 5.83. The smallest absolute Gasteiger partial charge is 0.220 e. The lowest BCUT2D eigenvalue weighted by Gasteiger charge is -2.15. The topological polar surface area (TPSA) is 46.9 Å². The van der Waals surface area contributed by atoms with Crippen LogP contribution in [0.15, 0.2) is 85.2 Å². The number of amides is 1.